The molecule has 0 bridgehead atoms. The Morgan fingerprint density at radius 1 is 1.12 bits per heavy atom. The van der Waals surface area contributed by atoms with Crippen LogP contribution in [0.2, 0.25) is 0 Å². The Kier molecular flexibility index (Phi) is 4.90. The van der Waals surface area contributed by atoms with Gasteiger partial charge in [-0.3, -0.25) is 0 Å². The zero-order chi connectivity index (χ0) is 18.1. The lowest BCUT2D eigenvalue weighted by atomic mass is 9.87. The molecule has 0 spiro atoms. The first-order valence-electron chi connectivity index (χ1n) is 9.70. The molecule has 0 atom stereocenters. The number of rotatable bonds is 2. The van der Waals surface area contributed by atoms with Gasteiger partial charge in [0.2, 0.25) is 0 Å². The third-order valence-corrected chi connectivity index (χ3v) is 6.14. The van der Waals surface area contributed by atoms with Gasteiger partial charge in [-0.05, 0) is 63.7 Å². The molecule has 2 aliphatic rings. The summed E-state index contributed by atoms with van der Waals surface area (Å²) in [5.41, 5.74) is 3.67. The monoisotopic (exact) mass is 356 g/mol. The Labute approximate surface area is 154 Å². The fourth-order valence-corrected chi connectivity index (χ4v) is 4.60. The lowest BCUT2D eigenvalue weighted by Crippen LogP contribution is -2.48. The highest BCUT2D eigenvalue weighted by Crippen LogP contribution is 2.36. The van der Waals surface area contributed by atoms with Gasteiger partial charge in [-0.2, -0.15) is 0 Å². The van der Waals surface area contributed by atoms with Crippen LogP contribution in [0.25, 0.3) is 11.0 Å². The minimum atomic E-state index is -0.190. The third-order valence-electron chi connectivity index (χ3n) is 6.14. The molecule has 0 saturated carbocycles. The first-order chi connectivity index (χ1) is 12.7. The van der Waals surface area contributed by atoms with Crippen molar-refractivity contribution in [2.24, 2.45) is 0 Å². The number of nitrogens with zero attached hydrogens (tertiary/aromatic N) is 2. The van der Waals surface area contributed by atoms with Gasteiger partial charge in [-0.1, -0.05) is 11.6 Å². The average Bonchev–Trinajstić information content (AvgIpc) is 3.10. The Bertz CT molecular complexity index is 769. The van der Waals surface area contributed by atoms with E-state index in [1.54, 1.807) is 0 Å². The first kappa shape index (κ1) is 17.4. The van der Waals surface area contributed by atoms with E-state index in [0.717, 1.165) is 44.6 Å². The molecule has 2 aromatic rings. The zero-order valence-electron chi connectivity index (χ0n) is 15.7. The number of carbonyl (C=O) groups excluding carboxylic acids is 1. The molecule has 0 aliphatic carbocycles. The summed E-state index contributed by atoms with van der Waals surface area (Å²) in [5.74, 6) is 0.587. The van der Waals surface area contributed by atoms with Crippen LogP contribution < -0.4 is 0 Å². The maximum absolute atomic E-state index is 11.6. The zero-order valence-corrected chi connectivity index (χ0v) is 15.7. The van der Waals surface area contributed by atoms with Gasteiger partial charge >= 0.3 is 6.09 Å². The highest BCUT2D eigenvalue weighted by Gasteiger charge is 2.31. The second-order valence-electron chi connectivity index (χ2n) is 7.69. The molecule has 5 nitrogen and oxygen atoms in total. The van der Waals surface area contributed by atoms with Crippen molar-refractivity contribution in [2.45, 2.75) is 44.6 Å². The van der Waals surface area contributed by atoms with Crippen molar-refractivity contribution in [3.05, 3.63) is 35.6 Å². The lowest BCUT2D eigenvalue weighted by molar-refractivity contribution is 0.0734. The van der Waals surface area contributed by atoms with Crippen molar-refractivity contribution in [1.82, 2.24) is 9.80 Å². The van der Waals surface area contributed by atoms with E-state index in [1.165, 1.54) is 36.5 Å². The number of methoxy groups -OCH3 is 1. The van der Waals surface area contributed by atoms with Gasteiger partial charge in [0.25, 0.3) is 0 Å². The van der Waals surface area contributed by atoms with E-state index in [2.05, 4.69) is 30.0 Å². The van der Waals surface area contributed by atoms with Crippen molar-refractivity contribution >= 4 is 17.1 Å². The predicted molar refractivity (Wildman–Crippen MR) is 101 cm³/mol. The van der Waals surface area contributed by atoms with E-state index < -0.39 is 0 Å². The summed E-state index contributed by atoms with van der Waals surface area (Å²) in [6, 6.07) is 7.04. The molecule has 0 unspecified atom stereocenters. The van der Waals surface area contributed by atoms with E-state index in [0.29, 0.717) is 12.0 Å². The highest BCUT2D eigenvalue weighted by molar-refractivity contribution is 5.82. The molecular formula is C21H28N2O3. The van der Waals surface area contributed by atoms with Crippen molar-refractivity contribution in [2.75, 3.05) is 33.3 Å². The SMILES string of the molecule is COC(=O)N1CCC(N2CCC(c3coc4ccc(C)cc34)CC2)CC1. The molecule has 2 fully saturated rings. The number of ether oxygens (including phenoxy) is 1. The number of piperidine rings is 2. The van der Waals surface area contributed by atoms with Crippen LogP contribution in [0.3, 0.4) is 0 Å². The summed E-state index contributed by atoms with van der Waals surface area (Å²) in [4.78, 5) is 16.1. The maximum Gasteiger partial charge on any atom is 0.409 e. The van der Waals surface area contributed by atoms with Crippen LogP contribution in [0.15, 0.2) is 28.9 Å². The van der Waals surface area contributed by atoms with Crippen molar-refractivity contribution < 1.29 is 13.9 Å². The average molecular weight is 356 g/mol. The minimum absolute atomic E-state index is 0.190. The summed E-state index contributed by atoms with van der Waals surface area (Å²) in [5, 5.41) is 1.29. The largest absolute Gasteiger partial charge is 0.464 e. The van der Waals surface area contributed by atoms with Gasteiger partial charge in [0.1, 0.15) is 5.58 Å². The molecule has 5 heteroatoms. The molecule has 2 saturated heterocycles. The number of hydrogen-bond acceptors (Lipinski definition) is 4. The summed E-state index contributed by atoms with van der Waals surface area (Å²) in [6.07, 6.45) is 6.24. The second kappa shape index (κ2) is 7.31. The molecule has 1 amide bonds. The van der Waals surface area contributed by atoms with Gasteiger partial charge in [0, 0.05) is 30.1 Å². The molecular weight excluding hydrogens is 328 g/mol. The van der Waals surface area contributed by atoms with Gasteiger partial charge in [0.05, 0.1) is 13.4 Å². The Morgan fingerprint density at radius 2 is 1.85 bits per heavy atom. The van der Waals surface area contributed by atoms with Gasteiger partial charge in [0.15, 0.2) is 0 Å². The van der Waals surface area contributed by atoms with Gasteiger partial charge < -0.3 is 19.0 Å². The van der Waals surface area contributed by atoms with Crippen LogP contribution in [-0.4, -0.2) is 55.2 Å². The second-order valence-corrected chi connectivity index (χ2v) is 7.69. The normalized spacial score (nSPS) is 20.6. The number of furan rings is 1. The molecule has 1 aromatic carbocycles. The van der Waals surface area contributed by atoms with E-state index in [9.17, 15) is 4.79 Å². The summed E-state index contributed by atoms with van der Waals surface area (Å²) >= 11 is 0. The van der Waals surface area contributed by atoms with Crippen molar-refractivity contribution in [3.63, 3.8) is 0 Å². The Hall–Kier alpha value is -2.01. The lowest BCUT2D eigenvalue weighted by Gasteiger charge is -2.41. The summed E-state index contributed by atoms with van der Waals surface area (Å²) < 4.78 is 10.6. The van der Waals surface area contributed by atoms with Crippen LogP contribution in [-0.2, 0) is 4.74 Å². The minimum Gasteiger partial charge on any atom is -0.464 e. The maximum atomic E-state index is 11.6. The van der Waals surface area contributed by atoms with E-state index >= 15 is 0 Å². The molecule has 4 rings (SSSR count). The molecule has 0 N–H and O–H groups in total. The van der Waals surface area contributed by atoms with Crippen LogP contribution in [0.1, 0.15) is 42.7 Å². The highest BCUT2D eigenvalue weighted by atomic mass is 16.5. The standard InChI is InChI=1S/C21H28N2O3/c1-15-3-4-20-18(13-15)19(14-26-20)16-5-9-22(10-6-16)17-7-11-23(12-8-17)21(24)25-2/h3-4,13-14,16-17H,5-12H2,1-2H3. The van der Waals surface area contributed by atoms with Crippen LogP contribution in [0.5, 0.6) is 0 Å². The number of amides is 1. The Morgan fingerprint density at radius 3 is 2.54 bits per heavy atom. The first-order valence-corrected chi connectivity index (χ1v) is 9.70. The van der Waals surface area contributed by atoms with Crippen molar-refractivity contribution in [1.29, 1.82) is 0 Å². The molecule has 3 heterocycles. The summed E-state index contributed by atoms with van der Waals surface area (Å²) in [6.45, 7) is 6.02. The van der Waals surface area contributed by atoms with Gasteiger partial charge in [-0.25, -0.2) is 4.79 Å². The smallest absolute Gasteiger partial charge is 0.409 e. The quantitative estimate of drug-likeness (QED) is 0.811. The topological polar surface area (TPSA) is 45.9 Å². The number of benzene rings is 1. The number of likely N-dealkylation sites (tertiary alicyclic amines) is 2. The molecule has 2 aliphatic heterocycles. The van der Waals surface area contributed by atoms with Gasteiger partial charge in [-0.15, -0.1) is 0 Å². The number of fused-ring (bicyclic) bond motifs is 1. The van der Waals surface area contributed by atoms with E-state index in [-0.39, 0.29) is 6.09 Å². The van der Waals surface area contributed by atoms with Crippen LogP contribution in [0, 0.1) is 6.92 Å². The number of aryl methyl sites for hydroxylation is 1. The summed E-state index contributed by atoms with van der Waals surface area (Å²) in [7, 11) is 1.46. The van der Waals surface area contributed by atoms with Crippen molar-refractivity contribution in [3.8, 4) is 0 Å². The molecule has 0 radical (unpaired) electrons. The fourth-order valence-electron chi connectivity index (χ4n) is 4.60. The van der Waals surface area contributed by atoms with Crippen LogP contribution >= 0.6 is 0 Å². The molecule has 26 heavy (non-hydrogen) atoms. The van der Waals surface area contributed by atoms with E-state index in [1.807, 2.05) is 11.2 Å². The van der Waals surface area contributed by atoms with E-state index in [4.69, 9.17) is 9.15 Å². The molecule has 1 aromatic heterocycles. The number of carbonyl (C=O) groups is 1. The van der Waals surface area contributed by atoms with Crippen LogP contribution in [0.4, 0.5) is 4.79 Å². The third kappa shape index (κ3) is 3.32. The number of hydrogen-bond donors (Lipinski definition) is 0. The predicted octanol–water partition coefficient (Wildman–Crippen LogP) is 4.15. The Balaban J connectivity index is 1.36. The fraction of sp³-hybridized carbons (Fsp3) is 0.571. The molecule has 140 valence electrons.